The van der Waals surface area contributed by atoms with Crippen LogP contribution in [0.3, 0.4) is 0 Å². The van der Waals surface area contributed by atoms with Crippen molar-refractivity contribution in [2.45, 2.75) is 6.54 Å². The summed E-state index contributed by atoms with van der Waals surface area (Å²) >= 11 is 0. The summed E-state index contributed by atoms with van der Waals surface area (Å²) in [7, 11) is 0. The number of hydrogen-bond acceptors (Lipinski definition) is 3. The lowest BCUT2D eigenvalue weighted by Crippen LogP contribution is -2.23. The van der Waals surface area contributed by atoms with E-state index < -0.39 is 0 Å². The topological polar surface area (TPSA) is 78.0 Å². The number of carbonyl (C=O) groups excluding carboxylic acids is 1. The molecule has 0 saturated carbocycles. The van der Waals surface area contributed by atoms with Gasteiger partial charge in [0.2, 0.25) is 0 Å². The third-order valence-corrected chi connectivity index (χ3v) is 3.30. The second-order valence-corrected chi connectivity index (χ2v) is 4.85. The summed E-state index contributed by atoms with van der Waals surface area (Å²) in [6.45, 7) is 0.449. The largest absolute Gasteiger partial charge is 0.507 e. The monoisotopic (exact) mass is 293 g/mol. The Bertz CT molecular complexity index is 781. The zero-order chi connectivity index (χ0) is 15.4. The lowest BCUT2D eigenvalue weighted by molar-refractivity contribution is 0.0946. The number of para-hydroxylation sites is 1. The number of aromatic nitrogens is 2. The molecule has 1 amide bonds. The molecular formula is C17H15N3O2. The molecule has 1 heterocycles. The van der Waals surface area contributed by atoms with E-state index in [2.05, 4.69) is 15.5 Å². The molecule has 1 aromatic heterocycles. The lowest BCUT2D eigenvalue weighted by Gasteiger charge is -2.03. The zero-order valence-electron chi connectivity index (χ0n) is 11.8. The summed E-state index contributed by atoms with van der Waals surface area (Å²) in [5.41, 5.74) is 2.49. The highest BCUT2D eigenvalue weighted by Crippen LogP contribution is 2.27. The van der Waals surface area contributed by atoms with E-state index in [4.69, 9.17) is 0 Å². The van der Waals surface area contributed by atoms with Gasteiger partial charge in [0.1, 0.15) is 11.4 Å². The van der Waals surface area contributed by atoms with Gasteiger partial charge >= 0.3 is 0 Å². The molecule has 22 heavy (non-hydrogen) atoms. The molecule has 0 bridgehead atoms. The van der Waals surface area contributed by atoms with Crippen molar-refractivity contribution in [3.8, 4) is 17.0 Å². The zero-order valence-corrected chi connectivity index (χ0v) is 11.8. The molecule has 0 atom stereocenters. The SMILES string of the molecule is O=C(NCc1ccccc1)c1cc(-c2ccccc2O)n[nH]1. The average Bonchev–Trinajstić information content (AvgIpc) is 3.04. The van der Waals surface area contributed by atoms with E-state index in [9.17, 15) is 9.90 Å². The summed E-state index contributed by atoms with van der Waals surface area (Å²) in [6, 6.07) is 18.2. The number of phenolic OH excluding ortho intramolecular Hbond substituents is 1. The molecule has 0 aliphatic rings. The Labute approximate surface area is 127 Å². The van der Waals surface area contributed by atoms with Crippen molar-refractivity contribution in [2.24, 2.45) is 0 Å². The van der Waals surface area contributed by atoms with Crippen molar-refractivity contribution < 1.29 is 9.90 Å². The molecule has 3 N–H and O–H groups in total. The number of H-pyrrole nitrogens is 1. The smallest absolute Gasteiger partial charge is 0.269 e. The number of phenols is 1. The number of hydrogen-bond donors (Lipinski definition) is 3. The molecule has 0 fully saturated rings. The van der Waals surface area contributed by atoms with E-state index in [1.54, 1.807) is 30.3 Å². The number of carbonyl (C=O) groups is 1. The summed E-state index contributed by atoms with van der Waals surface area (Å²) in [6.07, 6.45) is 0. The van der Waals surface area contributed by atoms with Crippen LogP contribution in [0.4, 0.5) is 0 Å². The molecule has 0 aliphatic heterocycles. The molecule has 0 aliphatic carbocycles. The summed E-state index contributed by atoms with van der Waals surface area (Å²) in [5, 5.41) is 19.4. The second-order valence-electron chi connectivity index (χ2n) is 4.85. The van der Waals surface area contributed by atoms with E-state index in [0.717, 1.165) is 5.56 Å². The Morgan fingerprint density at radius 3 is 2.59 bits per heavy atom. The van der Waals surface area contributed by atoms with Crippen molar-refractivity contribution >= 4 is 5.91 Å². The van der Waals surface area contributed by atoms with Crippen molar-refractivity contribution in [3.05, 3.63) is 71.9 Å². The van der Waals surface area contributed by atoms with Crippen molar-refractivity contribution in [1.82, 2.24) is 15.5 Å². The first-order chi connectivity index (χ1) is 10.7. The van der Waals surface area contributed by atoms with E-state index in [-0.39, 0.29) is 11.7 Å². The Hall–Kier alpha value is -3.08. The maximum absolute atomic E-state index is 12.1. The molecule has 5 heteroatoms. The van der Waals surface area contributed by atoms with Crippen molar-refractivity contribution in [1.29, 1.82) is 0 Å². The first-order valence-corrected chi connectivity index (χ1v) is 6.90. The molecular weight excluding hydrogens is 278 g/mol. The average molecular weight is 293 g/mol. The van der Waals surface area contributed by atoms with Gasteiger partial charge in [-0.15, -0.1) is 0 Å². The molecule has 0 saturated heterocycles. The fraction of sp³-hybridized carbons (Fsp3) is 0.0588. The van der Waals surface area contributed by atoms with Gasteiger partial charge < -0.3 is 10.4 Å². The van der Waals surface area contributed by atoms with Crippen LogP contribution in [-0.4, -0.2) is 21.2 Å². The van der Waals surface area contributed by atoms with E-state index in [1.165, 1.54) is 0 Å². The van der Waals surface area contributed by atoms with Gasteiger partial charge in [-0.2, -0.15) is 5.10 Å². The number of nitrogens with zero attached hydrogens (tertiary/aromatic N) is 1. The molecule has 0 spiro atoms. The van der Waals surface area contributed by atoms with Gasteiger partial charge in [0.15, 0.2) is 0 Å². The number of aromatic hydroxyl groups is 1. The molecule has 3 rings (SSSR count). The lowest BCUT2D eigenvalue weighted by atomic mass is 10.1. The Kier molecular flexibility index (Phi) is 3.87. The van der Waals surface area contributed by atoms with Gasteiger partial charge in [-0.05, 0) is 23.8 Å². The quantitative estimate of drug-likeness (QED) is 0.692. The first kappa shape index (κ1) is 13.9. The Morgan fingerprint density at radius 2 is 1.82 bits per heavy atom. The highest BCUT2D eigenvalue weighted by atomic mass is 16.3. The van der Waals surface area contributed by atoms with Crippen LogP contribution in [0.1, 0.15) is 16.1 Å². The summed E-state index contributed by atoms with van der Waals surface area (Å²) in [5.74, 6) is -0.108. The first-order valence-electron chi connectivity index (χ1n) is 6.90. The minimum atomic E-state index is -0.238. The third-order valence-electron chi connectivity index (χ3n) is 3.30. The number of rotatable bonds is 4. The van der Waals surface area contributed by atoms with Gasteiger partial charge in [-0.1, -0.05) is 42.5 Å². The van der Waals surface area contributed by atoms with Crippen LogP contribution in [-0.2, 0) is 6.54 Å². The second kappa shape index (κ2) is 6.13. The molecule has 3 aromatic rings. The predicted molar refractivity (Wildman–Crippen MR) is 83.3 cm³/mol. The van der Waals surface area contributed by atoms with E-state index in [0.29, 0.717) is 23.5 Å². The van der Waals surface area contributed by atoms with Crippen molar-refractivity contribution in [3.63, 3.8) is 0 Å². The van der Waals surface area contributed by atoms with Gasteiger partial charge in [0.25, 0.3) is 5.91 Å². The minimum absolute atomic E-state index is 0.130. The van der Waals surface area contributed by atoms with E-state index in [1.807, 2.05) is 30.3 Å². The highest BCUT2D eigenvalue weighted by molar-refractivity contribution is 5.93. The maximum atomic E-state index is 12.1. The number of benzene rings is 2. The number of nitrogens with one attached hydrogen (secondary N) is 2. The third kappa shape index (κ3) is 2.98. The van der Waals surface area contributed by atoms with Crippen LogP contribution in [0.15, 0.2) is 60.7 Å². The normalized spacial score (nSPS) is 10.4. The Balaban J connectivity index is 1.71. The fourth-order valence-corrected chi connectivity index (χ4v) is 2.14. The van der Waals surface area contributed by atoms with Crippen LogP contribution in [0.5, 0.6) is 5.75 Å². The fourth-order valence-electron chi connectivity index (χ4n) is 2.14. The van der Waals surface area contributed by atoms with Gasteiger partial charge in [-0.3, -0.25) is 9.89 Å². The Morgan fingerprint density at radius 1 is 1.09 bits per heavy atom. The van der Waals surface area contributed by atoms with Gasteiger partial charge in [0.05, 0.1) is 5.69 Å². The molecule has 5 nitrogen and oxygen atoms in total. The number of aromatic amines is 1. The molecule has 110 valence electrons. The standard InChI is InChI=1S/C17H15N3O2/c21-16-9-5-4-8-13(16)14-10-15(20-19-14)17(22)18-11-12-6-2-1-3-7-12/h1-10,21H,11H2,(H,18,22)(H,19,20). The van der Waals surface area contributed by atoms with Crippen LogP contribution in [0, 0.1) is 0 Å². The summed E-state index contributed by atoms with van der Waals surface area (Å²) in [4.78, 5) is 12.1. The van der Waals surface area contributed by atoms with Gasteiger partial charge in [0, 0.05) is 12.1 Å². The highest BCUT2D eigenvalue weighted by Gasteiger charge is 2.12. The van der Waals surface area contributed by atoms with Crippen LogP contribution in [0.25, 0.3) is 11.3 Å². The van der Waals surface area contributed by atoms with Crippen LogP contribution in [0.2, 0.25) is 0 Å². The number of amides is 1. The van der Waals surface area contributed by atoms with Gasteiger partial charge in [-0.25, -0.2) is 0 Å². The predicted octanol–water partition coefficient (Wildman–Crippen LogP) is 2.71. The van der Waals surface area contributed by atoms with E-state index >= 15 is 0 Å². The molecule has 0 radical (unpaired) electrons. The molecule has 0 unspecified atom stereocenters. The maximum Gasteiger partial charge on any atom is 0.269 e. The minimum Gasteiger partial charge on any atom is -0.507 e. The van der Waals surface area contributed by atoms with Crippen molar-refractivity contribution in [2.75, 3.05) is 0 Å². The van der Waals surface area contributed by atoms with Crippen LogP contribution < -0.4 is 5.32 Å². The van der Waals surface area contributed by atoms with Crippen LogP contribution >= 0.6 is 0 Å². The molecule has 2 aromatic carbocycles. The summed E-state index contributed by atoms with van der Waals surface area (Å²) < 4.78 is 0.